The van der Waals surface area contributed by atoms with Crippen LogP contribution in [0.4, 0.5) is 0 Å². The summed E-state index contributed by atoms with van der Waals surface area (Å²) in [6.07, 6.45) is 8.06. The summed E-state index contributed by atoms with van der Waals surface area (Å²) in [5.41, 5.74) is 3.12. The smallest absolute Gasteiger partial charge is 0.300 e. The zero-order chi connectivity index (χ0) is 10.8. The summed E-state index contributed by atoms with van der Waals surface area (Å²) in [5, 5.41) is 0. The molecule has 1 atom stereocenters. The van der Waals surface area contributed by atoms with Crippen LogP contribution >= 0.6 is 0 Å². The molecule has 86 valence electrons. The normalized spacial score (nSPS) is 24.8. The van der Waals surface area contributed by atoms with E-state index in [1.165, 1.54) is 51.6 Å². The number of rotatable bonds is 1. The predicted octanol–water partition coefficient (Wildman–Crippen LogP) is -0.166. The largest absolute Gasteiger partial charge is 1.00 e. The van der Waals surface area contributed by atoms with Gasteiger partial charge in [-0.25, -0.2) is 0 Å². The minimum Gasteiger partial charge on any atom is -0.300 e. The van der Waals surface area contributed by atoms with Gasteiger partial charge in [0.25, 0.3) is 0 Å². The molecule has 1 heterocycles. The first-order valence-corrected chi connectivity index (χ1v) is 6.65. The molecule has 3 rings (SSSR count). The SMILES string of the molecule is [K+].[c-]1ccc2c(c1)CCC(N1CCCC1)CC2. The van der Waals surface area contributed by atoms with Crippen LogP contribution in [0.1, 0.15) is 36.8 Å². The van der Waals surface area contributed by atoms with E-state index in [1.54, 1.807) is 11.1 Å². The molecule has 0 bridgehead atoms. The fourth-order valence-corrected chi connectivity index (χ4v) is 3.23. The van der Waals surface area contributed by atoms with Crippen molar-refractivity contribution >= 4 is 0 Å². The van der Waals surface area contributed by atoms with Gasteiger partial charge in [-0.15, -0.1) is 0 Å². The van der Waals surface area contributed by atoms with Crippen molar-refractivity contribution in [2.45, 2.75) is 44.6 Å². The molecule has 1 aromatic carbocycles. The topological polar surface area (TPSA) is 3.24 Å². The van der Waals surface area contributed by atoms with Gasteiger partial charge in [0.1, 0.15) is 0 Å². The second-order valence-corrected chi connectivity index (χ2v) is 5.17. The van der Waals surface area contributed by atoms with Crippen LogP contribution in [0.25, 0.3) is 0 Å². The van der Waals surface area contributed by atoms with E-state index in [1.807, 2.05) is 0 Å². The third-order valence-corrected chi connectivity index (χ3v) is 4.20. The van der Waals surface area contributed by atoms with E-state index >= 15 is 0 Å². The van der Waals surface area contributed by atoms with Gasteiger partial charge in [0, 0.05) is 6.04 Å². The van der Waals surface area contributed by atoms with Crippen LogP contribution in [0.3, 0.4) is 0 Å². The van der Waals surface area contributed by atoms with E-state index in [4.69, 9.17) is 0 Å². The Morgan fingerprint density at radius 1 is 1.06 bits per heavy atom. The molecule has 1 saturated heterocycles. The average Bonchev–Trinajstić information content (AvgIpc) is 2.76. The van der Waals surface area contributed by atoms with Crippen molar-refractivity contribution in [2.75, 3.05) is 13.1 Å². The van der Waals surface area contributed by atoms with Gasteiger partial charge in [-0.2, -0.15) is 35.4 Å². The van der Waals surface area contributed by atoms with Gasteiger partial charge in [-0.05, 0) is 45.2 Å². The second kappa shape index (κ2) is 6.83. The van der Waals surface area contributed by atoms with E-state index in [2.05, 4.69) is 29.2 Å². The first-order chi connectivity index (χ1) is 7.93. The Labute approximate surface area is 147 Å². The molecule has 1 aliphatic carbocycles. The number of hydrogen-bond acceptors (Lipinski definition) is 1. The maximum atomic E-state index is 3.22. The predicted molar refractivity (Wildman–Crippen MR) is 66.5 cm³/mol. The Morgan fingerprint density at radius 3 is 2.53 bits per heavy atom. The van der Waals surface area contributed by atoms with Crippen LogP contribution in [-0.2, 0) is 12.8 Å². The summed E-state index contributed by atoms with van der Waals surface area (Å²) in [6.45, 7) is 2.68. The van der Waals surface area contributed by atoms with E-state index in [-0.39, 0.29) is 51.4 Å². The van der Waals surface area contributed by atoms with Crippen LogP contribution in [-0.4, -0.2) is 24.0 Å². The van der Waals surface area contributed by atoms with Gasteiger partial charge in [0.2, 0.25) is 0 Å². The second-order valence-electron chi connectivity index (χ2n) is 5.17. The molecule has 1 aliphatic heterocycles. The molecule has 0 saturated carbocycles. The molecule has 0 amide bonds. The van der Waals surface area contributed by atoms with Crippen molar-refractivity contribution in [1.29, 1.82) is 0 Å². The molecule has 0 aromatic heterocycles. The minimum absolute atomic E-state index is 0. The molecule has 0 N–H and O–H groups in total. The van der Waals surface area contributed by atoms with Gasteiger partial charge in [-0.1, -0.05) is 6.42 Å². The summed E-state index contributed by atoms with van der Waals surface area (Å²) >= 11 is 0. The zero-order valence-corrected chi connectivity index (χ0v) is 14.0. The molecular weight excluding hydrogens is 233 g/mol. The van der Waals surface area contributed by atoms with Gasteiger partial charge in [0.15, 0.2) is 0 Å². The van der Waals surface area contributed by atoms with Gasteiger partial charge < -0.3 is 4.90 Å². The van der Waals surface area contributed by atoms with Crippen LogP contribution < -0.4 is 51.4 Å². The number of benzene rings is 1. The molecule has 0 spiro atoms. The summed E-state index contributed by atoms with van der Waals surface area (Å²) in [4.78, 5) is 2.72. The van der Waals surface area contributed by atoms with Gasteiger partial charge >= 0.3 is 51.4 Å². The quantitative estimate of drug-likeness (QED) is 0.382. The molecule has 0 radical (unpaired) electrons. The van der Waals surface area contributed by atoms with Gasteiger partial charge in [0.05, 0.1) is 0 Å². The average molecular weight is 253 g/mol. The fraction of sp³-hybridized carbons (Fsp3) is 0.600. The van der Waals surface area contributed by atoms with Crippen molar-refractivity contribution in [3.05, 3.63) is 35.4 Å². The van der Waals surface area contributed by atoms with E-state index < -0.39 is 0 Å². The number of aryl methyl sites for hydroxylation is 2. The number of nitrogens with zero attached hydrogens (tertiary/aromatic N) is 1. The van der Waals surface area contributed by atoms with E-state index in [9.17, 15) is 0 Å². The monoisotopic (exact) mass is 253 g/mol. The summed E-state index contributed by atoms with van der Waals surface area (Å²) in [5.74, 6) is 0. The zero-order valence-electron chi connectivity index (χ0n) is 10.9. The molecule has 2 aliphatic rings. The standard InChI is InChI=1S/C15H20N.K/c1-2-6-14-8-10-15(9-7-13(14)5-1)16-11-3-4-12-16;/h1,5-6,15H,3-4,7-12H2;/q-1;+1. The Balaban J connectivity index is 0.00000108. The molecule has 17 heavy (non-hydrogen) atoms. The summed E-state index contributed by atoms with van der Waals surface area (Å²) in [6, 6.07) is 10.6. The first kappa shape index (κ1) is 14.2. The maximum absolute atomic E-state index is 3.22. The van der Waals surface area contributed by atoms with Crippen molar-refractivity contribution in [3.63, 3.8) is 0 Å². The third-order valence-electron chi connectivity index (χ3n) is 4.20. The summed E-state index contributed by atoms with van der Waals surface area (Å²) in [7, 11) is 0. The Hall–Kier alpha value is 0.816. The Kier molecular flexibility index (Phi) is 5.72. The van der Waals surface area contributed by atoms with Crippen molar-refractivity contribution < 1.29 is 51.4 Å². The van der Waals surface area contributed by atoms with Crippen molar-refractivity contribution in [1.82, 2.24) is 4.90 Å². The van der Waals surface area contributed by atoms with E-state index in [0.29, 0.717) is 0 Å². The number of fused-ring (bicyclic) bond motifs is 1. The Morgan fingerprint density at radius 2 is 1.76 bits per heavy atom. The summed E-state index contributed by atoms with van der Waals surface area (Å²) < 4.78 is 0. The molecule has 1 fully saturated rings. The van der Waals surface area contributed by atoms with Crippen molar-refractivity contribution in [3.8, 4) is 0 Å². The van der Waals surface area contributed by atoms with Crippen molar-refractivity contribution in [2.24, 2.45) is 0 Å². The molecule has 1 aromatic rings. The van der Waals surface area contributed by atoms with Crippen LogP contribution in [0.2, 0.25) is 0 Å². The minimum atomic E-state index is 0. The maximum Gasteiger partial charge on any atom is 1.00 e. The van der Waals surface area contributed by atoms with Gasteiger partial charge in [-0.3, -0.25) is 0 Å². The molecule has 1 nitrogen and oxygen atoms in total. The Bertz CT molecular complexity index is 331. The third kappa shape index (κ3) is 3.43. The first-order valence-electron chi connectivity index (χ1n) is 6.65. The molecule has 2 heteroatoms. The number of likely N-dealkylation sites (tertiary alicyclic amines) is 1. The fourth-order valence-electron chi connectivity index (χ4n) is 3.23. The molecule has 1 unspecified atom stereocenters. The van der Waals surface area contributed by atoms with Crippen LogP contribution in [0.15, 0.2) is 18.2 Å². The molecular formula is C15H20KN. The number of hydrogen-bond donors (Lipinski definition) is 0. The van der Waals surface area contributed by atoms with Crippen LogP contribution in [0.5, 0.6) is 0 Å². The van der Waals surface area contributed by atoms with E-state index in [0.717, 1.165) is 6.04 Å². The van der Waals surface area contributed by atoms with Crippen LogP contribution in [0, 0.1) is 6.07 Å².